The fraction of sp³-hybridized carbons (Fsp3) is 0. The van der Waals surface area contributed by atoms with E-state index in [1.807, 2.05) is 28.7 Å². The quantitative estimate of drug-likeness (QED) is 0.676. The molecule has 1 aromatic carbocycles. The topological polar surface area (TPSA) is 56.2 Å². The summed E-state index contributed by atoms with van der Waals surface area (Å²) < 4.78 is 2.82. The highest BCUT2D eigenvalue weighted by atomic mass is 79.9. The van der Waals surface area contributed by atoms with Crippen LogP contribution < -0.4 is 5.73 Å². The van der Waals surface area contributed by atoms with E-state index in [0.717, 1.165) is 15.6 Å². The van der Waals surface area contributed by atoms with E-state index < -0.39 is 0 Å². The number of hydrogen-bond donors (Lipinski definition) is 1. The number of hydrogen-bond acceptors (Lipinski definition) is 3. The third kappa shape index (κ3) is 1.13. The number of halogens is 1. The molecule has 3 aromatic rings. The second kappa shape index (κ2) is 2.93. The number of fused-ring (bicyclic) bond motifs is 3. The summed E-state index contributed by atoms with van der Waals surface area (Å²) in [4.78, 5) is 8.49. The van der Waals surface area contributed by atoms with Gasteiger partial charge >= 0.3 is 0 Å². The molecule has 15 heavy (non-hydrogen) atoms. The maximum atomic E-state index is 5.82. The number of rotatable bonds is 0. The minimum atomic E-state index is 0.444. The molecule has 0 unspecified atom stereocenters. The number of imidazole rings is 1. The van der Waals surface area contributed by atoms with Gasteiger partial charge in [-0.25, -0.2) is 9.97 Å². The summed E-state index contributed by atoms with van der Waals surface area (Å²) in [7, 11) is 0. The standard InChI is InChI=1S/C10H7BrN4/c11-8-5-13-10-9(12)14-6-3-1-2-4-7(6)15(8)10/h1-5H,(H2,12,14). The molecule has 3 rings (SSSR count). The third-order valence-electron chi connectivity index (χ3n) is 2.31. The zero-order valence-electron chi connectivity index (χ0n) is 7.68. The first-order chi connectivity index (χ1) is 7.27. The highest BCUT2D eigenvalue weighted by Gasteiger charge is 2.08. The van der Waals surface area contributed by atoms with Crippen LogP contribution in [-0.2, 0) is 0 Å². The molecule has 2 N–H and O–H groups in total. The van der Waals surface area contributed by atoms with Crippen molar-refractivity contribution >= 4 is 38.4 Å². The summed E-state index contributed by atoms with van der Waals surface area (Å²) in [6.07, 6.45) is 1.72. The van der Waals surface area contributed by atoms with Crippen LogP contribution in [-0.4, -0.2) is 14.4 Å². The lowest BCUT2D eigenvalue weighted by atomic mass is 10.3. The van der Waals surface area contributed by atoms with E-state index in [9.17, 15) is 0 Å². The summed E-state index contributed by atoms with van der Waals surface area (Å²) in [5.74, 6) is 0.444. The number of aromatic nitrogens is 3. The third-order valence-corrected chi connectivity index (χ3v) is 2.87. The van der Waals surface area contributed by atoms with Crippen molar-refractivity contribution in [1.29, 1.82) is 0 Å². The van der Waals surface area contributed by atoms with Crippen molar-refractivity contribution in [3.63, 3.8) is 0 Å². The molecule has 0 aliphatic rings. The van der Waals surface area contributed by atoms with Crippen LogP contribution >= 0.6 is 15.9 Å². The van der Waals surface area contributed by atoms with E-state index >= 15 is 0 Å². The average Bonchev–Trinajstić information content (AvgIpc) is 2.62. The lowest BCUT2D eigenvalue weighted by molar-refractivity contribution is 1.19. The van der Waals surface area contributed by atoms with Gasteiger partial charge in [0, 0.05) is 0 Å². The first-order valence-corrected chi connectivity index (χ1v) is 5.24. The SMILES string of the molecule is Nc1nc2ccccc2n2c(Br)cnc12. The Bertz CT molecular complexity index is 659. The smallest absolute Gasteiger partial charge is 0.181 e. The van der Waals surface area contributed by atoms with E-state index in [-0.39, 0.29) is 0 Å². The van der Waals surface area contributed by atoms with Crippen molar-refractivity contribution in [1.82, 2.24) is 14.4 Å². The first-order valence-electron chi connectivity index (χ1n) is 4.44. The molecule has 0 saturated heterocycles. The van der Waals surface area contributed by atoms with Crippen LogP contribution in [0, 0.1) is 0 Å². The number of anilines is 1. The normalized spacial score (nSPS) is 11.3. The molecule has 0 fully saturated rings. The molecule has 0 amide bonds. The molecule has 4 nitrogen and oxygen atoms in total. The van der Waals surface area contributed by atoms with Crippen molar-refractivity contribution in [2.24, 2.45) is 0 Å². The van der Waals surface area contributed by atoms with Crippen molar-refractivity contribution < 1.29 is 0 Å². The van der Waals surface area contributed by atoms with Crippen LogP contribution in [0.3, 0.4) is 0 Å². The van der Waals surface area contributed by atoms with E-state index in [1.165, 1.54) is 0 Å². The summed E-state index contributed by atoms with van der Waals surface area (Å²) >= 11 is 3.44. The zero-order valence-corrected chi connectivity index (χ0v) is 9.27. The lowest BCUT2D eigenvalue weighted by Crippen LogP contribution is -1.98. The van der Waals surface area contributed by atoms with Gasteiger partial charge in [-0.15, -0.1) is 0 Å². The second-order valence-electron chi connectivity index (χ2n) is 3.23. The van der Waals surface area contributed by atoms with E-state index in [0.29, 0.717) is 11.5 Å². The van der Waals surface area contributed by atoms with Gasteiger partial charge in [-0.2, -0.15) is 0 Å². The summed E-state index contributed by atoms with van der Waals surface area (Å²) in [6, 6.07) is 7.82. The maximum absolute atomic E-state index is 5.82. The predicted octanol–water partition coefficient (Wildman–Crippen LogP) is 2.23. The zero-order chi connectivity index (χ0) is 10.4. The van der Waals surface area contributed by atoms with Gasteiger partial charge in [0.05, 0.1) is 17.2 Å². The molecule has 0 saturated carbocycles. The lowest BCUT2D eigenvalue weighted by Gasteiger charge is -2.04. The van der Waals surface area contributed by atoms with Crippen LogP contribution in [0.4, 0.5) is 5.82 Å². The number of nitrogen functional groups attached to an aromatic ring is 1. The van der Waals surface area contributed by atoms with Crippen LogP contribution in [0.2, 0.25) is 0 Å². The minimum Gasteiger partial charge on any atom is -0.381 e. The Labute approximate surface area is 93.9 Å². The van der Waals surface area contributed by atoms with Gasteiger partial charge in [0.1, 0.15) is 4.60 Å². The van der Waals surface area contributed by atoms with E-state index in [1.54, 1.807) is 6.20 Å². The van der Waals surface area contributed by atoms with Gasteiger partial charge in [-0.3, -0.25) is 4.40 Å². The van der Waals surface area contributed by atoms with Crippen LogP contribution in [0.5, 0.6) is 0 Å². The number of benzene rings is 1. The molecule has 0 aliphatic heterocycles. The van der Waals surface area contributed by atoms with Gasteiger partial charge in [0.25, 0.3) is 0 Å². The molecule has 0 bridgehead atoms. The van der Waals surface area contributed by atoms with Crippen LogP contribution in [0.1, 0.15) is 0 Å². The summed E-state index contributed by atoms with van der Waals surface area (Å²) in [5.41, 5.74) is 8.36. The van der Waals surface area contributed by atoms with Gasteiger partial charge in [-0.05, 0) is 28.1 Å². The van der Waals surface area contributed by atoms with E-state index in [4.69, 9.17) is 5.73 Å². The van der Waals surface area contributed by atoms with E-state index in [2.05, 4.69) is 25.9 Å². The van der Waals surface area contributed by atoms with Crippen molar-refractivity contribution in [3.05, 3.63) is 35.1 Å². The molecule has 74 valence electrons. The Balaban J connectivity index is 2.67. The number of nitrogens with two attached hydrogens (primary N) is 1. The molecule has 2 aromatic heterocycles. The molecular formula is C10H7BrN4. The Morgan fingerprint density at radius 3 is 2.93 bits per heavy atom. The first kappa shape index (κ1) is 8.67. The highest BCUT2D eigenvalue weighted by Crippen LogP contribution is 2.23. The molecule has 0 radical (unpaired) electrons. The number of para-hydroxylation sites is 2. The van der Waals surface area contributed by atoms with Crippen molar-refractivity contribution in [2.75, 3.05) is 5.73 Å². The van der Waals surface area contributed by atoms with Crippen molar-refractivity contribution in [2.45, 2.75) is 0 Å². The Morgan fingerprint density at radius 1 is 1.27 bits per heavy atom. The van der Waals surface area contributed by atoms with Gasteiger partial charge in [0.15, 0.2) is 11.5 Å². The molecule has 0 atom stereocenters. The molecule has 0 spiro atoms. The van der Waals surface area contributed by atoms with Crippen molar-refractivity contribution in [3.8, 4) is 0 Å². The van der Waals surface area contributed by atoms with Gasteiger partial charge in [-0.1, -0.05) is 12.1 Å². The maximum Gasteiger partial charge on any atom is 0.181 e. The fourth-order valence-corrected chi connectivity index (χ4v) is 2.13. The Hall–Kier alpha value is -1.62. The number of nitrogens with zero attached hydrogens (tertiary/aromatic N) is 3. The van der Waals surface area contributed by atoms with Gasteiger partial charge in [0.2, 0.25) is 0 Å². The monoisotopic (exact) mass is 262 g/mol. The van der Waals surface area contributed by atoms with Crippen LogP contribution in [0.25, 0.3) is 16.7 Å². The Kier molecular flexibility index (Phi) is 1.70. The van der Waals surface area contributed by atoms with Crippen LogP contribution in [0.15, 0.2) is 35.1 Å². The summed E-state index contributed by atoms with van der Waals surface area (Å²) in [5, 5.41) is 0. The predicted molar refractivity (Wildman–Crippen MR) is 62.6 cm³/mol. The van der Waals surface area contributed by atoms with Gasteiger partial charge < -0.3 is 5.73 Å². The Morgan fingerprint density at radius 2 is 2.07 bits per heavy atom. The molecular weight excluding hydrogens is 256 g/mol. The molecule has 0 aliphatic carbocycles. The fourth-order valence-electron chi connectivity index (χ4n) is 1.67. The largest absolute Gasteiger partial charge is 0.381 e. The second-order valence-corrected chi connectivity index (χ2v) is 4.04. The molecule has 2 heterocycles. The molecule has 5 heteroatoms. The summed E-state index contributed by atoms with van der Waals surface area (Å²) in [6.45, 7) is 0. The highest BCUT2D eigenvalue weighted by molar-refractivity contribution is 9.10. The average molecular weight is 263 g/mol. The minimum absolute atomic E-state index is 0.444.